The van der Waals surface area contributed by atoms with Crippen molar-refractivity contribution in [2.24, 2.45) is 0 Å². The van der Waals surface area contributed by atoms with E-state index in [0.717, 1.165) is 17.1 Å². The Morgan fingerprint density at radius 3 is 2.41 bits per heavy atom. The number of hydrogen-bond donors (Lipinski definition) is 1. The minimum atomic E-state index is -0.949. The minimum absolute atomic E-state index is 0.0515. The van der Waals surface area contributed by atoms with E-state index in [-0.39, 0.29) is 11.5 Å². The van der Waals surface area contributed by atoms with Crippen LogP contribution in [0.15, 0.2) is 84.7 Å². The van der Waals surface area contributed by atoms with Crippen molar-refractivity contribution in [1.82, 2.24) is 4.57 Å². The molecular weight excluding hydrogens is 338 g/mol. The second-order valence-corrected chi connectivity index (χ2v) is 6.39. The first-order chi connectivity index (χ1) is 13.2. The predicted molar refractivity (Wildman–Crippen MR) is 103 cm³/mol. The molecule has 132 valence electrons. The third-order valence-corrected chi connectivity index (χ3v) is 4.80. The van der Waals surface area contributed by atoms with Gasteiger partial charge in [-0.25, -0.2) is 4.79 Å². The summed E-state index contributed by atoms with van der Waals surface area (Å²) in [5.74, 6) is -1.00. The third kappa shape index (κ3) is 3.09. The number of carboxylic acids is 1. The van der Waals surface area contributed by atoms with Gasteiger partial charge in [-0.15, -0.1) is 0 Å². The Morgan fingerprint density at radius 2 is 1.74 bits per heavy atom. The number of aromatic carboxylic acids is 1. The first kappa shape index (κ1) is 16.7. The number of benzene rings is 2. The van der Waals surface area contributed by atoms with Gasteiger partial charge in [0, 0.05) is 36.0 Å². The number of nitrogens with zero attached hydrogens (tertiary/aromatic N) is 3. The average Bonchev–Trinajstić information content (AvgIpc) is 3.35. The summed E-state index contributed by atoms with van der Waals surface area (Å²) in [5.41, 5.74) is 3.91. The van der Waals surface area contributed by atoms with Crippen molar-refractivity contribution in [2.75, 3.05) is 11.4 Å². The van der Waals surface area contributed by atoms with Crippen LogP contribution >= 0.6 is 0 Å². The summed E-state index contributed by atoms with van der Waals surface area (Å²) in [7, 11) is 0. The monoisotopic (exact) mass is 355 g/mol. The van der Waals surface area contributed by atoms with Gasteiger partial charge in [0.2, 0.25) is 0 Å². The zero-order valence-electron chi connectivity index (χ0n) is 14.5. The molecule has 5 nitrogen and oxygen atoms in total. The fraction of sp³-hybridized carbons (Fsp3) is 0.0909. The lowest BCUT2D eigenvalue weighted by molar-refractivity contribution is 0.0697. The van der Waals surface area contributed by atoms with Crippen LogP contribution in [0.1, 0.15) is 22.0 Å². The summed E-state index contributed by atoms with van der Waals surface area (Å²) in [5, 5.41) is 18.7. The normalized spacial score (nSPS) is 16.0. The lowest BCUT2D eigenvalue weighted by Crippen LogP contribution is -2.18. The quantitative estimate of drug-likeness (QED) is 0.762. The summed E-state index contributed by atoms with van der Waals surface area (Å²) < 4.78 is 2.10. The highest BCUT2D eigenvalue weighted by atomic mass is 16.4. The average molecular weight is 355 g/mol. The van der Waals surface area contributed by atoms with E-state index in [2.05, 4.69) is 10.6 Å². The molecule has 5 heteroatoms. The Morgan fingerprint density at radius 1 is 1.00 bits per heavy atom. The molecule has 1 aliphatic rings. The SMILES string of the molecule is N#CC1=CN(c2ccc(C(=O)O)cc2)CC1c1cccn1-c1ccccc1. The number of carbonyl (C=O) groups is 1. The van der Waals surface area contributed by atoms with Crippen molar-refractivity contribution in [3.8, 4) is 11.8 Å². The lowest BCUT2D eigenvalue weighted by Gasteiger charge is -2.20. The van der Waals surface area contributed by atoms with Crippen molar-refractivity contribution in [3.63, 3.8) is 0 Å². The number of nitriles is 1. The Labute approximate surface area is 157 Å². The van der Waals surface area contributed by atoms with Crippen LogP contribution in [0.2, 0.25) is 0 Å². The molecule has 1 aromatic heterocycles. The second-order valence-electron chi connectivity index (χ2n) is 6.39. The molecule has 1 aliphatic heterocycles. The van der Waals surface area contributed by atoms with E-state index in [4.69, 9.17) is 5.11 Å². The van der Waals surface area contributed by atoms with Crippen LogP contribution in [0.4, 0.5) is 5.69 Å². The van der Waals surface area contributed by atoms with Crippen LogP contribution in [0, 0.1) is 11.3 Å². The number of hydrogen-bond acceptors (Lipinski definition) is 3. The number of para-hydroxylation sites is 1. The number of carboxylic acid groups (broad SMARTS) is 1. The molecule has 0 fully saturated rings. The van der Waals surface area contributed by atoms with E-state index in [0.29, 0.717) is 12.1 Å². The zero-order chi connectivity index (χ0) is 18.8. The first-order valence-electron chi connectivity index (χ1n) is 8.62. The maximum Gasteiger partial charge on any atom is 0.335 e. The van der Waals surface area contributed by atoms with E-state index in [1.54, 1.807) is 24.3 Å². The molecule has 0 radical (unpaired) electrons. The van der Waals surface area contributed by atoms with E-state index < -0.39 is 5.97 Å². The van der Waals surface area contributed by atoms with Gasteiger partial charge >= 0.3 is 5.97 Å². The predicted octanol–water partition coefficient (Wildman–Crippen LogP) is 4.19. The van der Waals surface area contributed by atoms with Crippen molar-refractivity contribution in [1.29, 1.82) is 5.26 Å². The molecule has 0 aliphatic carbocycles. The standard InChI is InChI=1S/C22H17N3O2/c23-13-17-14-24(18-10-8-16(9-11-18)22(26)27)15-20(17)21-7-4-12-25(21)19-5-2-1-3-6-19/h1-12,14,20H,15H2,(H,26,27). The van der Waals surface area contributed by atoms with E-state index in [1.165, 1.54) is 0 Å². The highest BCUT2D eigenvalue weighted by molar-refractivity contribution is 5.88. The number of rotatable bonds is 4. The molecule has 27 heavy (non-hydrogen) atoms. The van der Waals surface area contributed by atoms with Gasteiger partial charge in [-0.05, 0) is 48.5 Å². The molecule has 1 unspecified atom stereocenters. The van der Waals surface area contributed by atoms with Gasteiger partial charge in [-0.1, -0.05) is 18.2 Å². The Balaban J connectivity index is 1.65. The zero-order valence-corrected chi connectivity index (χ0v) is 14.5. The van der Waals surface area contributed by atoms with Crippen molar-refractivity contribution in [2.45, 2.75) is 5.92 Å². The Kier molecular flexibility index (Phi) is 4.23. The van der Waals surface area contributed by atoms with Crippen LogP contribution in [-0.4, -0.2) is 22.2 Å². The van der Waals surface area contributed by atoms with Gasteiger partial charge in [-0.3, -0.25) is 0 Å². The Bertz CT molecular complexity index is 1040. The van der Waals surface area contributed by atoms with Gasteiger partial charge in [0.25, 0.3) is 0 Å². The molecule has 2 aromatic carbocycles. The first-order valence-corrected chi connectivity index (χ1v) is 8.62. The molecule has 3 aromatic rings. The highest BCUT2D eigenvalue weighted by Crippen LogP contribution is 2.35. The molecular formula is C22H17N3O2. The largest absolute Gasteiger partial charge is 0.478 e. The fourth-order valence-electron chi connectivity index (χ4n) is 3.44. The third-order valence-electron chi connectivity index (χ3n) is 4.80. The summed E-state index contributed by atoms with van der Waals surface area (Å²) in [6.07, 6.45) is 3.85. The summed E-state index contributed by atoms with van der Waals surface area (Å²) in [4.78, 5) is 13.0. The van der Waals surface area contributed by atoms with Crippen LogP contribution in [0.3, 0.4) is 0 Å². The van der Waals surface area contributed by atoms with Crippen LogP contribution in [-0.2, 0) is 0 Å². The van der Waals surface area contributed by atoms with E-state index in [1.807, 2.05) is 59.8 Å². The summed E-state index contributed by atoms with van der Waals surface area (Å²) in [6.45, 7) is 0.631. The van der Waals surface area contributed by atoms with Crippen molar-refractivity contribution < 1.29 is 9.90 Å². The maximum atomic E-state index is 11.0. The summed E-state index contributed by atoms with van der Waals surface area (Å²) >= 11 is 0. The molecule has 0 spiro atoms. The van der Waals surface area contributed by atoms with Gasteiger partial charge in [-0.2, -0.15) is 5.26 Å². The molecule has 0 saturated carbocycles. The van der Waals surface area contributed by atoms with Gasteiger partial charge in [0.05, 0.1) is 23.1 Å². The summed E-state index contributed by atoms with van der Waals surface area (Å²) in [6, 6.07) is 23.1. The van der Waals surface area contributed by atoms with Gasteiger partial charge < -0.3 is 14.6 Å². The topological polar surface area (TPSA) is 69.3 Å². The molecule has 1 atom stereocenters. The lowest BCUT2D eigenvalue weighted by atomic mass is 9.99. The van der Waals surface area contributed by atoms with E-state index in [9.17, 15) is 10.1 Å². The maximum absolute atomic E-state index is 11.0. The Hall–Kier alpha value is -3.78. The van der Waals surface area contributed by atoms with Crippen LogP contribution in [0.25, 0.3) is 5.69 Å². The molecule has 0 amide bonds. The fourth-order valence-corrected chi connectivity index (χ4v) is 3.44. The van der Waals surface area contributed by atoms with Crippen LogP contribution in [0.5, 0.6) is 0 Å². The molecule has 2 heterocycles. The molecule has 4 rings (SSSR count). The highest BCUT2D eigenvalue weighted by Gasteiger charge is 2.29. The second kappa shape index (κ2) is 6.85. The molecule has 0 bridgehead atoms. The molecule has 1 N–H and O–H groups in total. The number of anilines is 1. The molecule has 0 saturated heterocycles. The van der Waals surface area contributed by atoms with Gasteiger partial charge in [0.1, 0.15) is 0 Å². The van der Waals surface area contributed by atoms with Crippen molar-refractivity contribution in [3.05, 3.63) is 96.0 Å². The van der Waals surface area contributed by atoms with Crippen LogP contribution < -0.4 is 4.90 Å². The van der Waals surface area contributed by atoms with Gasteiger partial charge in [0.15, 0.2) is 0 Å². The van der Waals surface area contributed by atoms with E-state index >= 15 is 0 Å². The smallest absolute Gasteiger partial charge is 0.335 e. The number of aromatic nitrogens is 1. The van der Waals surface area contributed by atoms with Crippen molar-refractivity contribution >= 4 is 11.7 Å². The minimum Gasteiger partial charge on any atom is -0.478 e.